The van der Waals surface area contributed by atoms with Crippen LogP contribution in [-0.2, 0) is 9.53 Å². The summed E-state index contributed by atoms with van der Waals surface area (Å²) in [7, 11) is 1.45. The summed E-state index contributed by atoms with van der Waals surface area (Å²) in [5.74, 6) is 0.0631. The highest BCUT2D eigenvalue weighted by Crippen LogP contribution is 2.20. The molecule has 1 amide bonds. The molecule has 0 saturated carbocycles. The molecule has 1 saturated heterocycles. The Kier molecular flexibility index (Phi) is 3.04. The molecule has 7 nitrogen and oxygen atoms in total. The van der Waals surface area contributed by atoms with Gasteiger partial charge in [-0.2, -0.15) is 4.98 Å². The van der Waals surface area contributed by atoms with E-state index in [2.05, 4.69) is 20.5 Å². The smallest absolute Gasteiger partial charge is 0.336 e. The number of carbonyl (C=O) groups is 1. The van der Waals surface area contributed by atoms with Crippen molar-refractivity contribution in [1.29, 1.82) is 0 Å². The summed E-state index contributed by atoms with van der Waals surface area (Å²) in [6, 6.07) is 0.191. The standard InChI is InChI=1S/C9H14N4O3/c1-5-3-4-6(16-5)7(14)10-8-11-9(15-2)13-12-8/h5-6H,3-4H2,1-2H3,(H2,10,11,12,13,14). The molecule has 0 spiro atoms. The van der Waals surface area contributed by atoms with Gasteiger partial charge in [0.1, 0.15) is 6.10 Å². The number of carbonyl (C=O) groups excluding carboxylic acids is 1. The Morgan fingerprint density at radius 3 is 3.00 bits per heavy atom. The topological polar surface area (TPSA) is 89.1 Å². The maximum atomic E-state index is 11.7. The lowest BCUT2D eigenvalue weighted by Crippen LogP contribution is -2.28. The average Bonchev–Trinajstić information content (AvgIpc) is 2.87. The van der Waals surface area contributed by atoms with Crippen LogP contribution in [0.2, 0.25) is 0 Å². The van der Waals surface area contributed by atoms with Crippen LogP contribution in [0.15, 0.2) is 0 Å². The van der Waals surface area contributed by atoms with Crippen molar-refractivity contribution in [2.45, 2.75) is 32.0 Å². The van der Waals surface area contributed by atoms with Crippen LogP contribution in [0.3, 0.4) is 0 Å². The Hall–Kier alpha value is -1.63. The minimum atomic E-state index is -0.397. The zero-order valence-corrected chi connectivity index (χ0v) is 9.19. The molecule has 2 heterocycles. The molecule has 0 bridgehead atoms. The van der Waals surface area contributed by atoms with E-state index in [-0.39, 0.29) is 24.0 Å². The van der Waals surface area contributed by atoms with Gasteiger partial charge in [-0.3, -0.25) is 10.1 Å². The number of nitrogens with one attached hydrogen (secondary N) is 2. The van der Waals surface area contributed by atoms with E-state index < -0.39 is 6.10 Å². The first-order valence-corrected chi connectivity index (χ1v) is 5.11. The van der Waals surface area contributed by atoms with E-state index in [4.69, 9.17) is 9.47 Å². The van der Waals surface area contributed by atoms with Crippen molar-refractivity contribution in [3.63, 3.8) is 0 Å². The Balaban J connectivity index is 1.91. The molecule has 1 aliphatic heterocycles. The van der Waals surface area contributed by atoms with Gasteiger partial charge in [0.05, 0.1) is 13.2 Å². The fourth-order valence-electron chi connectivity index (χ4n) is 1.59. The van der Waals surface area contributed by atoms with Crippen molar-refractivity contribution in [3.8, 4) is 6.01 Å². The van der Waals surface area contributed by atoms with E-state index in [1.54, 1.807) is 0 Å². The van der Waals surface area contributed by atoms with Gasteiger partial charge in [-0.1, -0.05) is 0 Å². The van der Waals surface area contributed by atoms with Crippen molar-refractivity contribution in [3.05, 3.63) is 0 Å². The summed E-state index contributed by atoms with van der Waals surface area (Å²) in [4.78, 5) is 15.6. The van der Waals surface area contributed by atoms with Gasteiger partial charge in [0.15, 0.2) is 0 Å². The molecule has 88 valence electrons. The quantitative estimate of drug-likeness (QED) is 0.774. The highest BCUT2D eigenvalue weighted by molar-refractivity contribution is 5.92. The summed E-state index contributed by atoms with van der Waals surface area (Å²) in [5, 5.41) is 8.85. The Bertz CT molecular complexity index is 379. The second kappa shape index (κ2) is 4.48. The summed E-state index contributed by atoms with van der Waals surface area (Å²) < 4.78 is 10.2. The summed E-state index contributed by atoms with van der Waals surface area (Å²) in [5.41, 5.74) is 0. The predicted octanol–water partition coefficient (Wildman–Crippen LogP) is 0.319. The third-order valence-corrected chi connectivity index (χ3v) is 2.41. The molecular weight excluding hydrogens is 212 g/mol. The Labute approximate surface area is 92.5 Å². The van der Waals surface area contributed by atoms with Gasteiger partial charge >= 0.3 is 6.01 Å². The van der Waals surface area contributed by atoms with Crippen LogP contribution in [0.5, 0.6) is 6.01 Å². The molecule has 16 heavy (non-hydrogen) atoms. The zero-order chi connectivity index (χ0) is 11.5. The minimum absolute atomic E-state index is 0.139. The van der Waals surface area contributed by atoms with E-state index in [0.717, 1.165) is 12.8 Å². The van der Waals surface area contributed by atoms with Crippen molar-refractivity contribution in [1.82, 2.24) is 15.2 Å². The monoisotopic (exact) mass is 226 g/mol. The molecule has 2 rings (SSSR count). The lowest BCUT2D eigenvalue weighted by Gasteiger charge is -2.09. The molecule has 1 aromatic heterocycles. The van der Waals surface area contributed by atoms with Gasteiger partial charge in [-0.05, 0) is 19.8 Å². The van der Waals surface area contributed by atoms with Gasteiger partial charge in [-0.25, -0.2) is 5.10 Å². The molecule has 1 aromatic rings. The minimum Gasteiger partial charge on any atom is -0.466 e. The number of hydrogen-bond donors (Lipinski definition) is 2. The first-order chi connectivity index (χ1) is 7.69. The second-order valence-electron chi connectivity index (χ2n) is 3.67. The van der Waals surface area contributed by atoms with Crippen molar-refractivity contribution in [2.75, 3.05) is 12.4 Å². The van der Waals surface area contributed by atoms with Crippen molar-refractivity contribution >= 4 is 11.9 Å². The molecule has 2 atom stereocenters. The maximum absolute atomic E-state index is 11.7. The molecule has 1 aliphatic rings. The van der Waals surface area contributed by atoms with Crippen LogP contribution in [0.25, 0.3) is 0 Å². The number of methoxy groups -OCH3 is 1. The number of rotatable bonds is 3. The first kappa shape index (κ1) is 10.9. The summed E-state index contributed by atoms with van der Waals surface area (Å²) in [6.45, 7) is 1.95. The Morgan fingerprint density at radius 1 is 1.62 bits per heavy atom. The summed E-state index contributed by atoms with van der Waals surface area (Å²) >= 11 is 0. The molecular formula is C9H14N4O3. The molecule has 1 fully saturated rings. The van der Waals surface area contributed by atoms with Crippen LogP contribution in [0.4, 0.5) is 5.95 Å². The van der Waals surface area contributed by atoms with Crippen molar-refractivity contribution in [2.24, 2.45) is 0 Å². The SMILES string of the molecule is COc1n[nH]c(NC(=O)C2CCC(C)O2)n1. The first-order valence-electron chi connectivity index (χ1n) is 5.11. The van der Waals surface area contributed by atoms with Crippen molar-refractivity contribution < 1.29 is 14.3 Å². The fourth-order valence-corrected chi connectivity index (χ4v) is 1.59. The normalized spacial score (nSPS) is 24.4. The number of H-pyrrole nitrogens is 1. The predicted molar refractivity (Wildman–Crippen MR) is 55.1 cm³/mol. The van der Waals surface area contributed by atoms with Crippen LogP contribution in [-0.4, -0.2) is 40.4 Å². The highest BCUT2D eigenvalue weighted by atomic mass is 16.5. The second-order valence-corrected chi connectivity index (χ2v) is 3.67. The molecule has 7 heteroatoms. The lowest BCUT2D eigenvalue weighted by atomic mass is 10.2. The van der Waals surface area contributed by atoms with Crippen LogP contribution >= 0.6 is 0 Å². The van der Waals surface area contributed by atoms with Gasteiger partial charge in [0.25, 0.3) is 5.91 Å². The number of anilines is 1. The Morgan fingerprint density at radius 2 is 2.44 bits per heavy atom. The van der Waals surface area contributed by atoms with Gasteiger partial charge in [-0.15, -0.1) is 5.10 Å². The van der Waals surface area contributed by atoms with Gasteiger partial charge in [0, 0.05) is 0 Å². The number of aromatic amines is 1. The van der Waals surface area contributed by atoms with Crippen LogP contribution < -0.4 is 10.1 Å². The average molecular weight is 226 g/mol. The maximum Gasteiger partial charge on any atom is 0.336 e. The molecule has 0 aliphatic carbocycles. The van der Waals surface area contributed by atoms with Gasteiger partial charge < -0.3 is 9.47 Å². The number of nitrogens with zero attached hydrogens (tertiary/aromatic N) is 2. The number of aromatic nitrogens is 3. The van der Waals surface area contributed by atoms with E-state index >= 15 is 0 Å². The molecule has 0 aromatic carbocycles. The van der Waals surface area contributed by atoms with E-state index in [1.807, 2.05) is 6.92 Å². The number of hydrogen-bond acceptors (Lipinski definition) is 5. The van der Waals surface area contributed by atoms with E-state index in [1.165, 1.54) is 7.11 Å². The molecule has 2 unspecified atom stereocenters. The largest absolute Gasteiger partial charge is 0.466 e. The van der Waals surface area contributed by atoms with Crippen LogP contribution in [0, 0.1) is 0 Å². The van der Waals surface area contributed by atoms with E-state index in [0.29, 0.717) is 0 Å². The van der Waals surface area contributed by atoms with Crippen LogP contribution in [0.1, 0.15) is 19.8 Å². The number of ether oxygens (including phenoxy) is 2. The zero-order valence-electron chi connectivity index (χ0n) is 9.19. The fraction of sp³-hybridized carbons (Fsp3) is 0.667. The molecule has 2 N–H and O–H groups in total. The lowest BCUT2D eigenvalue weighted by molar-refractivity contribution is -0.126. The molecule has 0 radical (unpaired) electrons. The van der Waals surface area contributed by atoms with E-state index in [9.17, 15) is 4.79 Å². The third kappa shape index (κ3) is 2.30. The highest BCUT2D eigenvalue weighted by Gasteiger charge is 2.28. The summed E-state index contributed by atoms with van der Waals surface area (Å²) in [6.07, 6.45) is 1.38. The van der Waals surface area contributed by atoms with Gasteiger partial charge in [0.2, 0.25) is 5.95 Å². The third-order valence-electron chi connectivity index (χ3n) is 2.41. The number of amides is 1.